The van der Waals surface area contributed by atoms with Crippen molar-refractivity contribution in [3.8, 4) is 11.3 Å². The minimum absolute atomic E-state index is 0.372. The number of carbonyl (C=O) groups excluding carboxylic acids is 1. The summed E-state index contributed by atoms with van der Waals surface area (Å²) in [5.74, 6) is 0.466. The monoisotopic (exact) mass is 373 g/mol. The molecule has 3 heterocycles. The summed E-state index contributed by atoms with van der Waals surface area (Å²) < 4.78 is 7.08. The third kappa shape index (κ3) is 3.62. The van der Waals surface area contributed by atoms with Gasteiger partial charge in [0.25, 0.3) is 0 Å². The van der Waals surface area contributed by atoms with Gasteiger partial charge in [0.2, 0.25) is 0 Å². The molecule has 0 fully saturated rings. The lowest BCUT2D eigenvalue weighted by Crippen LogP contribution is -2.34. The van der Waals surface area contributed by atoms with Crippen LogP contribution in [0, 0.1) is 6.92 Å². The molecule has 0 unspecified atom stereocenters. The molecule has 26 heavy (non-hydrogen) atoms. The zero-order valence-electron chi connectivity index (χ0n) is 15.3. The second-order valence-electron chi connectivity index (χ2n) is 6.91. The fourth-order valence-electron chi connectivity index (χ4n) is 2.53. The Morgan fingerprint density at radius 3 is 2.69 bits per heavy atom. The number of amides is 1. The van der Waals surface area contributed by atoms with Gasteiger partial charge in [0.15, 0.2) is 5.65 Å². The number of ether oxygens (including phenoxy) is 1. The van der Waals surface area contributed by atoms with Crippen molar-refractivity contribution in [2.75, 3.05) is 11.9 Å². The lowest BCUT2D eigenvalue weighted by Gasteiger charge is -2.24. The third-order valence-electron chi connectivity index (χ3n) is 3.65. The molecule has 3 aromatic heterocycles. The highest BCUT2D eigenvalue weighted by molar-refractivity contribution is 6.29. The highest BCUT2D eigenvalue weighted by Gasteiger charge is 2.22. The van der Waals surface area contributed by atoms with Gasteiger partial charge in [-0.25, -0.2) is 19.3 Å². The van der Waals surface area contributed by atoms with E-state index in [-0.39, 0.29) is 0 Å². The van der Waals surface area contributed by atoms with E-state index in [9.17, 15) is 4.79 Å². The molecule has 0 atom stereocenters. The largest absolute Gasteiger partial charge is 0.443 e. The zero-order valence-corrected chi connectivity index (χ0v) is 16.1. The van der Waals surface area contributed by atoms with Crippen molar-refractivity contribution < 1.29 is 9.53 Å². The quantitative estimate of drug-likeness (QED) is 0.675. The van der Waals surface area contributed by atoms with E-state index in [0.29, 0.717) is 16.6 Å². The molecule has 0 aliphatic heterocycles. The SMILES string of the molecule is Cc1nc2ccc(Cl)nn2c1-c1ccnc(N(C)C(=O)OC(C)(C)C)c1. The molecule has 0 saturated heterocycles. The molecule has 0 spiro atoms. The number of hydrogen-bond donors (Lipinski definition) is 0. The van der Waals surface area contributed by atoms with E-state index in [1.165, 1.54) is 4.90 Å². The molecular formula is C18H20ClN5O2. The number of anilines is 1. The molecule has 136 valence electrons. The van der Waals surface area contributed by atoms with Gasteiger partial charge >= 0.3 is 6.09 Å². The van der Waals surface area contributed by atoms with E-state index in [1.807, 2.05) is 33.8 Å². The Balaban J connectivity index is 2.02. The van der Waals surface area contributed by atoms with Crippen LogP contribution in [-0.2, 0) is 4.74 Å². The first kappa shape index (κ1) is 18.1. The molecular weight excluding hydrogens is 354 g/mol. The number of aromatic nitrogens is 4. The first-order valence-corrected chi connectivity index (χ1v) is 8.48. The molecule has 7 nitrogen and oxygen atoms in total. The van der Waals surface area contributed by atoms with Crippen LogP contribution >= 0.6 is 11.6 Å². The number of fused-ring (bicyclic) bond motifs is 1. The number of aryl methyl sites for hydroxylation is 1. The van der Waals surface area contributed by atoms with Gasteiger partial charge in [0, 0.05) is 18.8 Å². The van der Waals surface area contributed by atoms with E-state index in [0.717, 1.165) is 17.0 Å². The van der Waals surface area contributed by atoms with Crippen LogP contribution in [0.25, 0.3) is 16.9 Å². The zero-order chi connectivity index (χ0) is 19.1. The van der Waals surface area contributed by atoms with E-state index in [1.54, 1.807) is 36.0 Å². The van der Waals surface area contributed by atoms with Crippen molar-refractivity contribution in [1.29, 1.82) is 0 Å². The van der Waals surface area contributed by atoms with Crippen molar-refractivity contribution in [3.63, 3.8) is 0 Å². The van der Waals surface area contributed by atoms with Crippen molar-refractivity contribution in [3.05, 3.63) is 41.3 Å². The maximum absolute atomic E-state index is 12.3. The molecule has 1 amide bonds. The highest BCUT2D eigenvalue weighted by Crippen LogP contribution is 2.27. The van der Waals surface area contributed by atoms with Crippen LogP contribution in [0.1, 0.15) is 26.5 Å². The summed E-state index contributed by atoms with van der Waals surface area (Å²) in [5.41, 5.74) is 2.54. The second-order valence-corrected chi connectivity index (χ2v) is 7.30. The third-order valence-corrected chi connectivity index (χ3v) is 3.85. The van der Waals surface area contributed by atoms with Crippen LogP contribution in [0.5, 0.6) is 0 Å². The number of rotatable bonds is 2. The molecule has 3 aromatic rings. The molecule has 8 heteroatoms. The number of nitrogens with zero attached hydrogens (tertiary/aromatic N) is 5. The first-order chi connectivity index (χ1) is 12.2. The first-order valence-electron chi connectivity index (χ1n) is 8.11. The number of halogens is 1. The molecule has 3 rings (SSSR count). The minimum Gasteiger partial charge on any atom is -0.443 e. The summed E-state index contributed by atoms with van der Waals surface area (Å²) in [6, 6.07) is 7.14. The van der Waals surface area contributed by atoms with Crippen LogP contribution in [0.2, 0.25) is 5.15 Å². The summed E-state index contributed by atoms with van der Waals surface area (Å²) in [7, 11) is 1.62. The van der Waals surface area contributed by atoms with E-state index in [4.69, 9.17) is 16.3 Å². The van der Waals surface area contributed by atoms with Crippen LogP contribution in [-0.4, -0.2) is 38.3 Å². The van der Waals surface area contributed by atoms with Crippen molar-refractivity contribution >= 4 is 29.2 Å². The van der Waals surface area contributed by atoms with E-state index >= 15 is 0 Å². The lowest BCUT2D eigenvalue weighted by molar-refractivity contribution is 0.0588. The average Bonchev–Trinajstić information content (AvgIpc) is 2.87. The van der Waals surface area contributed by atoms with Crippen LogP contribution in [0.15, 0.2) is 30.5 Å². The Kier molecular flexibility index (Phi) is 4.58. The van der Waals surface area contributed by atoms with E-state index in [2.05, 4.69) is 15.1 Å². The summed E-state index contributed by atoms with van der Waals surface area (Å²) in [5, 5.41) is 4.70. The summed E-state index contributed by atoms with van der Waals surface area (Å²) in [6.07, 6.45) is 1.16. The van der Waals surface area contributed by atoms with Crippen molar-refractivity contribution in [1.82, 2.24) is 19.6 Å². The van der Waals surface area contributed by atoms with Crippen molar-refractivity contribution in [2.45, 2.75) is 33.3 Å². The average molecular weight is 374 g/mol. The standard InChI is InChI=1S/C18H20ClN5O2/c1-11-16(24-14(21-11)7-6-13(19)22-24)12-8-9-20-15(10-12)23(5)17(25)26-18(2,3)4/h6-10H,1-5H3. The highest BCUT2D eigenvalue weighted by atomic mass is 35.5. The molecule has 0 saturated carbocycles. The van der Waals surface area contributed by atoms with Gasteiger partial charge in [-0.15, -0.1) is 0 Å². The summed E-state index contributed by atoms with van der Waals surface area (Å²) >= 11 is 6.03. The second kappa shape index (κ2) is 6.57. The maximum Gasteiger partial charge on any atom is 0.415 e. The fourth-order valence-corrected chi connectivity index (χ4v) is 2.66. The number of pyridine rings is 1. The van der Waals surface area contributed by atoms with E-state index < -0.39 is 11.7 Å². The minimum atomic E-state index is -0.581. The van der Waals surface area contributed by atoms with Gasteiger partial charge in [-0.2, -0.15) is 5.10 Å². The van der Waals surface area contributed by atoms with Crippen LogP contribution < -0.4 is 4.90 Å². The Morgan fingerprint density at radius 1 is 1.27 bits per heavy atom. The predicted octanol–water partition coefficient (Wildman–Crippen LogP) is 4.12. The normalized spacial score (nSPS) is 11.6. The van der Waals surface area contributed by atoms with Gasteiger partial charge in [-0.05, 0) is 52.0 Å². The molecule has 0 aliphatic rings. The Labute approximate surface area is 156 Å². The molecule has 0 aliphatic carbocycles. The van der Waals surface area contributed by atoms with Crippen molar-refractivity contribution in [2.24, 2.45) is 0 Å². The van der Waals surface area contributed by atoms with Crippen LogP contribution in [0.3, 0.4) is 0 Å². The van der Waals surface area contributed by atoms with Gasteiger partial charge in [0.05, 0.1) is 11.4 Å². The summed E-state index contributed by atoms with van der Waals surface area (Å²) in [6.45, 7) is 7.36. The maximum atomic E-state index is 12.3. The smallest absolute Gasteiger partial charge is 0.415 e. The molecule has 0 N–H and O–H groups in total. The number of hydrogen-bond acceptors (Lipinski definition) is 5. The van der Waals surface area contributed by atoms with Gasteiger partial charge in [0.1, 0.15) is 16.6 Å². The molecule has 0 aromatic carbocycles. The van der Waals surface area contributed by atoms with Crippen LogP contribution in [0.4, 0.5) is 10.6 Å². The molecule has 0 bridgehead atoms. The Hall–Kier alpha value is -2.67. The molecule has 0 radical (unpaired) electrons. The Bertz CT molecular complexity index is 977. The van der Waals surface area contributed by atoms with Gasteiger partial charge < -0.3 is 4.74 Å². The fraction of sp³-hybridized carbons (Fsp3) is 0.333. The number of carbonyl (C=O) groups is 1. The lowest BCUT2D eigenvalue weighted by atomic mass is 10.1. The van der Waals surface area contributed by atoms with Gasteiger partial charge in [-0.1, -0.05) is 11.6 Å². The number of imidazole rings is 1. The summed E-state index contributed by atoms with van der Waals surface area (Å²) in [4.78, 5) is 22.4. The predicted molar refractivity (Wildman–Crippen MR) is 101 cm³/mol. The van der Waals surface area contributed by atoms with Gasteiger partial charge in [-0.3, -0.25) is 4.90 Å². The topological polar surface area (TPSA) is 72.6 Å². The Morgan fingerprint density at radius 2 is 2.00 bits per heavy atom.